The number of ether oxygens (including phenoxy) is 3. The van der Waals surface area contributed by atoms with Crippen molar-refractivity contribution >= 4 is 38.2 Å². The van der Waals surface area contributed by atoms with Crippen LogP contribution in [-0.2, 0) is 11.3 Å². The molecule has 0 saturated carbocycles. The molecular weight excluding hydrogens is 412 g/mol. The largest absolute Gasteiger partial charge is 0.496 e. The smallest absolute Gasteiger partial charge is 0.283 e. The molecule has 0 spiro atoms. The van der Waals surface area contributed by atoms with E-state index < -0.39 is 0 Å². The van der Waals surface area contributed by atoms with Gasteiger partial charge >= 0.3 is 0 Å². The molecule has 4 aromatic rings. The minimum atomic E-state index is -0.349. The normalized spacial score (nSPS) is 11.9. The van der Waals surface area contributed by atoms with Crippen LogP contribution in [0.4, 0.5) is 0 Å². The van der Waals surface area contributed by atoms with Crippen molar-refractivity contribution in [1.29, 1.82) is 0 Å². The minimum Gasteiger partial charge on any atom is -0.496 e. The van der Waals surface area contributed by atoms with Crippen LogP contribution in [0.25, 0.3) is 21.0 Å². The Balaban J connectivity index is 1.88. The maximum Gasteiger partial charge on any atom is 0.283 e. The van der Waals surface area contributed by atoms with Crippen LogP contribution in [0.5, 0.6) is 11.5 Å². The molecule has 0 aliphatic rings. The maximum absolute atomic E-state index is 13.2. The lowest BCUT2D eigenvalue weighted by atomic mass is 10.1. The third-order valence-corrected chi connectivity index (χ3v) is 6.02. The van der Waals surface area contributed by atoms with Gasteiger partial charge in [0.05, 0.1) is 30.6 Å². The fraction of sp³-hybridized carbons (Fsp3) is 0.250. The third kappa shape index (κ3) is 4.19. The molecule has 1 aromatic heterocycles. The van der Waals surface area contributed by atoms with Crippen LogP contribution < -0.4 is 14.3 Å². The van der Waals surface area contributed by atoms with E-state index in [0.717, 1.165) is 26.7 Å². The van der Waals surface area contributed by atoms with Crippen molar-refractivity contribution < 1.29 is 19.0 Å². The van der Waals surface area contributed by atoms with Gasteiger partial charge in [0, 0.05) is 13.7 Å². The summed E-state index contributed by atoms with van der Waals surface area (Å²) >= 11 is 1.45. The number of aromatic nitrogens is 1. The second-order valence-electron chi connectivity index (χ2n) is 6.88. The molecule has 1 heterocycles. The summed E-state index contributed by atoms with van der Waals surface area (Å²) in [6.45, 7) is 3.55. The zero-order valence-electron chi connectivity index (χ0n) is 17.8. The van der Waals surface area contributed by atoms with Gasteiger partial charge in [0.25, 0.3) is 5.91 Å². The summed E-state index contributed by atoms with van der Waals surface area (Å²) in [5.74, 6) is 0.926. The summed E-state index contributed by atoms with van der Waals surface area (Å²) < 4.78 is 19.6. The van der Waals surface area contributed by atoms with Crippen LogP contribution >= 0.6 is 11.3 Å². The highest BCUT2D eigenvalue weighted by molar-refractivity contribution is 7.16. The van der Waals surface area contributed by atoms with Crippen molar-refractivity contribution in [2.24, 2.45) is 4.99 Å². The molecule has 0 radical (unpaired) electrons. The average molecular weight is 437 g/mol. The van der Waals surface area contributed by atoms with Crippen molar-refractivity contribution in [1.82, 2.24) is 4.57 Å². The van der Waals surface area contributed by atoms with Crippen molar-refractivity contribution in [2.75, 3.05) is 27.4 Å². The summed E-state index contributed by atoms with van der Waals surface area (Å²) in [5, 5.41) is 1.97. The molecule has 7 heteroatoms. The molecule has 0 bridgehead atoms. The highest BCUT2D eigenvalue weighted by Crippen LogP contribution is 2.29. The Labute approximate surface area is 184 Å². The highest BCUT2D eigenvalue weighted by Gasteiger charge is 2.16. The second-order valence-corrected chi connectivity index (χ2v) is 7.89. The number of carbonyl (C=O) groups is 1. The number of benzene rings is 3. The van der Waals surface area contributed by atoms with E-state index in [1.165, 1.54) is 11.3 Å². The van der Waals surface area contributed by atoms with Gasteiger partial charge in [-0.2, -0.15) is 4.99 Å². The van der Waals surface area contributed by atoms with E-state index in [1.807, 2.05) is 66.1 Å². The molecule has 0 fully saturated rings. The summed E-state index contributed by atoms with van der Waals surface area (Å²) in [6.07, 6.45) is 0. The number of rotatable bonds is 7. The summed E-state index contributed by atoms with van der Waals surface area (Å²) in [4.78, 5) is 18.3. The number of hydrogen-bond donors (Lipinski definition) is 0. The van der Waals surface area contributed by atoms with Gasteiger partial charge in [0.15, 0.2) is 4.80 Å². The fourth-order valence-electron chi connectivity index (χ4n) is 3.55. The lowest BCUT2D eigenvalue weighted by molar-refractivity contribution is 0.0994. The van der Waals surface area contributed by atoms with E-state index in [9.17, 15) is 4.79 Å². The third-order valence-electron chi connectivity index (χ3n) is 4.98. The van der Waals surface area contributed by atoms with Crippen LogP contribution in [0.2, 0.25) is 0 Å². The van der Waals surface area contributed by atoms with Crippen LogP contribution in [0.3, 0.4) is 0 Å². The topological polar surface area (TPSA) is 62.0 Å². The maximum atomic E-state index is 13.2. The van der Waals surface area contributed by atoms with Crippen LogP contribution in [0.1, 0.15) is 17.3 Å². The number of carbonyl (C=O) groups excluding carboxylic acids is 1. The second kappa shape index (κ2) is 9.32. The highest BCUT2D eigenvalue weighted by atomic mass is 32.1. The Morgan fingerprint density at radius 3 is 2.52 bits per heavy atom. The summed E-state index contributed by atoms with van der Waals surface area (Å²) in [5.41, 5.74) is 1.35. The van der Waals surface area contributed by atoms with Crippen molar-refractivity contribution in [3.05, 3.63) is 65.0 Å². The van der Waals surface area contributed by atoms with Gasteiger partial charge in [-0.1, -0.05) is 41.7 Å². The Kier molecular flexibility index (Phi) is 6.34. The molecule has 0 aliphatic carbocycles. The van der Waals surface area contributed by atoms with Crippen molar-refractivity contribution in [3.8, 4) is 11.5 Å². The molecule has 1 amide bonds. The predicted molar refractivity (Wildman–Crippen MR) is 123 cm³/mol. The van der Waals surface area contributed by atoms with E-state index in [4.69, 9.17) is 14.2 Å². The Bertz CT molecular complexity index is 1310. The Hall–Kier alpha value is -3.16. The van der Waals surface area contributed by atoms with Gasteiger partial charge in [0.1, 0.15) is 17.0 Å². The average Bonchev–Trinajstić information content (AvgIpc) is 3.14. The molecule has 0 atom stereocenters. The summed E-state index contributed by atoms with van der Waals surface area (Å²) in [7, 11) is 3.22. The van der Waals surface area contributed by atoms with Gasteiger partial charge in [-0.15, -0.1) is 0 Å². The van der Waals surface area contributed by atoms with Gasteiger partial charge in [-0.05, 0) is 42.0 Å². The predicted octanol–water partition coefficient (Wildman–Crippen LogP) is 4.65. The van der Waals surface area contributed by atoms with E-state index in [0.29, 0.717) is 35.9 Å². The van der Waals surface area contributed by atoms with E-state index in [-0.39, 0.29) is 5.91 Å². The monoisotopic (exact) mass is 436 g/mol. The first-order chi connectivity index (χ1) is 15.2. The molecule has 0 unspecified atom stereocenters. The van der Waals surface area contributed by atoms with Crippen LogP contribution in [0.15, 0.2) is 59.6 Å². The molecule has 0 aliphatic heterocycles. The first-order valence-electron chi connectivity index (χ1n) is 10.1. The molecular formula is C24H24N2O4S. The summed E-state index contributed by atoms with van der Waals surface area (Å²) in [6, 6.07) is 17.4. The molecule has 6 nitrogen and oxygen atoms in total. The van der Waals surface area contributed by atoms with E-state index in [1.54, 1.807) is 14.2 Å². The number of amides is 1. The fourth-order valence-corrected chi connectivity index (χ4v) is 4.62. The number of fused-ring (bicyclic) bond motifs is 2. The van der Waals surface area contributed by atoms with Gasteiger partial charge in [-0.3, -0.25) is 4.79 Å². The Morgan fingerprint density at radius 2 is 1.81 bits per heavy atom. The number of para-hydroxylation sites is 1. The lowest BCUT2D eigenvalue weighted by Crippen LogP contribution is -2.20. The van der Waals surface area contributed by atoms with Crippen LogP contribution in [0, 0.1) is 0 Å². The molecule has 3 aromatic carbocycles. The molecule has 31 heavy (non-hydrogen) atoms. The molecule has 0 saturated heterocycles. The number of hydrogen-bond acceptors (Lipinski definition) is 5. The zero-order chi connectivity index (χ0) is 21.8. The van der Waals surface area contributed by atoms with Gasteiger partial charge in [0.2, 0.25) is 0 Å². The van der Waals surface area contributed by atoms with Gasteiger partial charge < -0.3 is 18.8 Å². The van der Waals surface area contributed by atoms with Crippen molar-refractivity contribution in [3.63, 3.8) is 0 Å². The minimum absolute atomic E-state index is 0.349. The molecule has 0 N–H and O–H groups in total. The SMILES string of the molecule is CCOc1cccc2sc(=NC(=O)c3cc4ccccc4cc3OC)n(CCOC)c12. The lowest BCUT2D eigenvalue weighted by Gasteiger charge is -2.10. The molecule has 160 valence electrons. The number of methoxy groups -OCH3 is 2. The first-order valence-corrected chi connectivity index (χ1v) is 10.9. The zero-order valence-corrected chi connectivity index (χ0v) is 18.6. The number of nitrogens with zero attached hydrogens (tertiary/aromatic N) is 2. The van der Waals surface area contributed by atoms with Crippen molar-refractivity contribution in [2.45, 2.75) is 13.5 Å². The Morgan fingerprint density at radius 1 is 1.03 bits per heavy atom. The first kappa shape index (κ1) is 21.1. The van der Waals surface area contributed by atoms with Gasteiger partial charge in [-0.25, -0.2) is 0 Å². The van der Waals surface area contributed by atoms with E-state index in [2.05, 4.69) is 4.99 Å². The standard InChI is InChI=1S/C24H24N2O4S/c1-4-30-19-10-7-11-21-22(19)26(12-13-28-2)24(31-21)25-23(27)18-14-16-8-5-6-9-17(16)15-20(18)29-3/h5-11,14-15H,4,12-13H2,1-3H3. The van der Waals surface area contributed by atoms with E-state index >= 15 is 0 Å². The molecule has 4 rings (SSSR count). The van der Waals surface area contributed by atoms with Crippen LogP contribution in [-0.4, -0.2) is 37.9 Å². The number of thiazole rings is 1. The quantitative estimate of drug-likeness (QED) is 0.423.